The third kappa shape index (κ3) is 2.77. The van der Waals surface area contributed by atoms with Gasteiger partial charge in [0, 0.05) is 12.0 Å². The Hall–Kier alpha value is -0.820. The molecule has 1 heteroatoms. The van der Waals surface area contributed by atoms with Gasteiger partial charge < -0.3 is 5.32 Å². The summed E-state index contributed by atoms with van der Waals surface area (Å²) < 4.78 is 0. The molecule has 1 aromatic rings. The smallest absolute Gasteiger partial charge is 0.00778 e. The van der Waals surface area contributed by atoms with E-state index in [-0.39, 0.29) is 0 Å². The lowest BCUT2D eigenvalue weighted by Gasteiger charge is -2.43. The van der Waals surface area contributed by atoms with Crippen molar-refractivity contribution in [2.75, 3.05) is 13.1 Å². The van der Waals surface area contributed by atoms with Gasteiger partial charge in [0.05, 0.1) is 0 Å². The first kappa shape index (κ1) is 13.6. The molecule has 1 saturated carbocycles. The van der Waals surface area contributed by atoms with Gasteiger partial charge in [-0.05, 0) is 42.9 Å². The number of nitrogens with one attached hydrogen (secondary N) is 1. The first-order valence-corrected chi connectivity index (χ1v) is 7.49. The van der Waals surface area contributed by atoms with Crippen LogP contribution in [0.3, 0.4) is 0 Å². The molecule has 0 aliphatic heterocycles. The highest BCUT2D eigenvalue weighted by atomic mass is 14.9. The second-order valence-corrected chi connectivity index (χ2v) is 6.09. The molecule has 1 N–H and O–H groups in total. The van der Waals surface area contributed by atoms with E-state index >= 15 is 0 Å². The Morgan fingerprint density at radius 2 is 1.83 bits per heavy atom. The summed E-state index contributed by atoms with van der Waals surface area (Å²) >= 11 is 0. The van der Waals surface area contributed by atoms with Gasteiger partial charge in [0.15, 0.2) is 0 Å². The van der Waals surface area contributed by atoms with Crippen LogP contribution in [0.5, 0.6) is 0 Å². The molecule has 1 nitrogen and oxygen atoms in total. The zero-order valence-electron chi connectivity index (χ0n) is 12.1. The van der Waals surface area contributed by atoms with E-state index in [0.717, 1.165) is 13.1 Å². The van der Waals surface area contributed by atoms with Crippen LogP contribution in [0.1, 0.15) is 63.5 Å². The fourth-order valence-corrected chi connectivity index (χ4v) is 2.90. The van der Waals surface area contributed by atoms with Crippen molar-refractivity contribution in [3.8, 4) is 0 Å². The molecule has 0 aromatic heterocycles. The number of hydrogen-bond donors (Lipinski definition) is 1. The van der Waals surface area contributed by atoms with Crippen LogP contribution >= 0.6 is 0 Å². The highest BCUT2D eigenvalue weighted by Gasteiger charge is 2.37. The molecule has 0 bridgehead atoms. The quantitative estimate of drug-likeness (QED) is 0.740. The van der Waals surface area contributed by atoms with Crippen molar-refractivity contribution in [3.05, 3.63) is 35.4 Å². The predicted octanol–water partition coefficient (Wildman–Crippen LogP) is 4.23. The highest BCUT2D eigenvalue weighted by molar-refractivity contribution is 5.32. The van der Waals surface area contributed by atoms with Crippen LogP contribution < -0.4 is 5.32 Å². The largest absolute Gasteiger partial charge is 0.316 e. The average Bonchev–Trinajstić information content (AvgIpc) is 2.33. The van der Waals surface area contributed by atoms with Crippen LogP contribution in [0.15, 0.2) is 24.3 Å². The number of benzene rings is 1. The summed E-state index contributed by atoms with van der Waals surface area (Å²) in [4.78, 5) is 0. The summed E-state index contributed by atoms with van der Waals surface area (Å²) in [7, 11) is 0. The van der Waals surface area contributed by atoms with Crippen LogP contribution in [0.4, 0.5) is 0 Å². The fourth-order valence-electron chi connectivity index (χ4n) is 2.90. The minimum Gasteiger partial charge on any atom is -0.316 e. The van der Waals surface area contributed by atoms with E-state index in [1.54, 1.807) is 5.56 Å². The van der Waals surface area contributed by atoms with Crippen molar-refractivity contribution in [2.24, 2.45) is 0 Å². The molecule has 0 heterocycles. The fraction of sp³-hybridized carbons (Fsp3) is 0.647. The van der Waals surface area contributed by atoms with E-state index in [0.29, 0.717) is 11.3 Å². The molecule has 18 heavy (non-hydrogen) atoms. The van der Waals surface area contributed by atoms with Gasteiger partial charge in [-0.2, -0.15) is 0 Å². The Labute approximate surface area is 112 Å². The van der Waals surface area contributed by atoms with Gasteiger partial charge in [0.2, 0.25) is 0 Å². The molecular formula is C17H27N. The normalized spacial score (nSPS) is 17.8. The summed E-state index contributed by atoms with van der Waals surface area (Å²) in [5.41, 5.74) is 3.43. The molecule has 0 radical (unpaired) electrons. The SMILES string of the molecule is CCCNCC1(c2ccc(C(C)C)cc2)CCC1. The van der Waals surface area contributed by atoms with Gasteiger partial charge in [-0.1, -0.05) is 51.5 Å². The first-order chi connectivity index (χ1) is 8.68. The molecule has 100 valence electrons. The maximum absolute atomic E-state index is 3.61. The van der Waals surface area contributed by atoms with Crippen molar-refractivity contribution in [2.45, 2.75) is 57.8 Å². The van der Waals surface area contributed by atoms with Crippen molar-refractivity contribution >= 4 is 0 Å². The third-order valence-corrected chi connectivity index (χ3v) is 4.39. The topological polar surface area (TPSA) is 12.0 Å². The molecule has 0 spiro atoms. The lowest BCUT2D eigenvalue weighted by molar-refractivity contribution is 0.234. The third-order valence-electron chi connectivity index (χ3n) is 4.39. The van der Waals surface area contributed by atoms with Gasteiger partial charge in [0.1, 0.15) is 0 Å². The summed E-state index contributed by atoms with van der Waals surface area (Å²) in [6, 6.07) is 9.37. The van der Waals surface area contributed by atoms with Gasteiger partial charge in [-0.3, -0.25) is 0 Å². The molecule has 0 saturated heterocycles. The summed E-state index contributed by atoms with van der Waals surface area (Å²) in [6.45, 7) is 9.05. The molecule has 1 fully saturated rings. The predicted molar refractivity (Wildman–Crippen MR) is 79.2 cm³/mol. The monoisotopic (exact) mass is 245 g/mol. The van der Waals surface area contributed by atoms with E-state index in [9.17, 15) is 0 Å². The van der Waals surface area contributed by atoms with E-state index in [1.807, 2.05) is 0 Å². The van der Waals surface area contributed by atoms with Gasteiger partial charge in [-0.25, -0.2) is 0 Å². The van der Waals surface area contributed by atoms with E-state index in [1.165, 1.54) is 31.2 Å². The summed E-state index contributed by atoms with van der Waals surface area (Å²) in [6.07, 6.45) is 5.32. The van der Waals surface area contributed by atoms with Crippen LogP contribution in [-0.2, 0) is 5.41 Å². The zero-order valence-corrected chi connectivity index (χ0v) is 12.1. The van der Waals surface area contributed by atoms with Crippen molar-refractivity contribution in [3.63, 3.8) is 0 Å². The minimum atomic E-state index is 0.435. The average molecular weight is 245 g/mol. The maximum Gasteiger partial charge on any atom is 0.00778 e. The van der Waals surface area contributed by atoms with Crippen molar-refractivity contribution in [1.29, 1.82) is 0 Å². The maximum atomic E-state index is 3.61. The van der Waals surface area contributed by atoms with E-state index in [4.69, 9.17) is 0 Å². The Kier molecular flexibility index (Phi) is 4.45. The molecule has 0 unspecified atom stereocenters. The van der Waals surface area contributed by atoms with Gasteiger partial charge >= 0.3 is 0 Å². The van der Waals surface area contributed by atoms with Crippen molar-refractivity contribution in [1.82, 2.24) is 5.32 Å². The molecule has 1 aliphatic rings. The highest BCUT2D eigenvalue weighted by Crippen LogP contribution is 2.43. The molecule has 1 aliphatic carbocycles. The standard InChI is InChI=1S/C17H27N/c1-4-12-18-13-17(10-5-11-17)16-8-6-15(7-9-16)14(2)3/h6-9,14,18H,4-5,10-13H2,1-3H3. The number of hydrogen-bond acceptors (Lipinski definition) is 1. The van der Waals surface area contributed by atoms with Crippen LogP contribution in [-0.4, -0.2) is 13.1 Å². The van der Waals surface area contributed by atoms with Crippen LogP contribution in [0.2, 0.25) is 0 Å². The molecular weight excluding hydrogens is 218 g/mol. The van der Waals surface area contributed by atoms with E-state index in [2.05, 4.69) is 50.4 Å². The Morgan fingerprint density at radius 3 is 2.28 bits per heavy atom. The van der Waals surface area contributed by atoms with E-state index < -0.39 is 0 Å². The second kappa shape index (κ2) is 5.88. The summed E-state index contributed by atoms with van der Waals surface area (Å²) in [5.74, 6) is 0.634. The molecule has 0 amide bonds. The molecule has 1 aromatic carbocycles. The Bertz CT molecular complexity index is 360. The second-order valence-electron chi connectivity index (χ2n) is 6.09. The lowest BCUT2D eigenvalue weighted by atomic mass is 9.64. The summed E-state index contributed by atoms with van der Waals surface area (Å²) in [5, 5.41) is 3.61. The van der Waals surface area contributed by atoms with Crippen molar-refractivity contribution < 1.29 is 0 Å². The lowest BCUT2D eigenvalue weighted by Crippen LogP contribution is -2.44. The first-order valence-electron chi connectivity index (χ1n) is 7.49. The minimum absolute atomic E-state index is 0.435. The Morgan fingerprint density at radius 1 is 1.17 bits per heavy atom. The number of rotatable bonds is 6. The Balaban J connectivity index is 2.07. The van der Waals surface area contributed by atoms with Crippen LogP contribution in [0, 0.1) is 0 Å². The van der Waals surface area contributed by atoms with Gasteiger partial charge in [-0.15, -0.1) is 0 Å². The zero-order chi connectivity index (χ0) is 13.0. The molecule has 2 rings (SSSR count). The van der Waals surface area contributed by atoms with Crippen LogP contribution in [0.25, 0.3) is 0 Å². The molecule has 0 atom stereocenters. The van der Waals surface area contributed by atoms with Gasteiger partial charge in [0.25, 0.3) is 0 Å².